The van der Waals surface area contributed by atoms with E-state index in [1.165, 1.54) is 0 Å². The summed E-state index contributed by atoms with van der Waals surface area (Å²) in [5.74, 6) is -0.265. The highest BCUT2D eigenvalue weighted by molar-refractivity contribution is 6.09. The lowest BCUT2D eigenvalue weighted by molar-refractivity contribution is 0.0940. The number of aromatic nitrogens is 2. The van der Waals surface area contributed by atoms with Gasteiger partial charge in [-0.2, -0.15) is 0 Å². The first-order chi connectivity index (χ1) is 10.3. The van der Waals surface area contributed by atoms with Crippen molar-refractivity contribution in [3.05, 3.63) is 42.2 Å². The van der Waals surface area contributed by atoms with Crippen LogP contribution in [0, 0.1) is 0 Å². The molecule has 0 spiro atoms. The molecule has 0 unspecified atom stereocenters. The van der Waals surface area contributed by atoms with Crippen molar-refractivity contribution in [3.8, 4) is 0 Å². The van der Waals surface area contributed by atoms with Gasteiger partial charge in [0.1, 0.15) is 5.69 Å². The molecule has 0 saturated heterocycles. The second-order valence-corrected chi connectivity index (χ2v) is 4.83. The largest absolute Gasteiger partial charge is 0.395 e. The Morgan fingerprint density at radius 1 is 1.29 bits per heavy atom. The van der Waals surface area contributed by atoms with E-state index in [-0.39, 0.29) is 19.1 Å². The first-order valence-corrected chi connectivity index (χ1v) is 7.02. The van der Waals surface area contributed by atoms with Gasteiger partial charge in [0.05, 0.1) is 18.3 Å². The van der Waals surface area contributed by atoms with Crippen molar-refractivity contribution >= 4 is 27.7 Å². The smallest absolute Gasteiger partial charge is 0.269 e. The fourth-order valence-corrected chi connectivity index (χ4v) is 2.67. The maximum absolute atomic E-state index is 12.0. The van der Waals surface area contributed by atoms with Crippen LogP contribution in [0.5, 0.6) is 0 Å². The fraction of sp³-hybridized carbons (Fsp3) is 0.250. The van der Waals surface area contributed by atoms with Gasteiger partial charge in [-0.3, -0.25) is 4.79 Å². The third-order valence-corrected chi connectivity index (χ3v) is 3.60. The monoisotopic (exact) mass is 283 g/mol. The van der Waals surface area contributed by atoms with Gasteiger partial charge in [-0.05, 0) is 19.1 Å². The third kappa shape index (κ3) is 2.25. The van der Waals surface area contributed by atoms with Crippen LogP contribution in [0.15, 0.2) is 36.5 Å². The molecule has 1 amide bonds. The van der Waals surface area contributed by atoms with E-state index in [2.05, 4.69) is 33.9 Å². The molecule has 0 aliphatic heterocycles. The van der Waals surface area contributed by atoms with Gasteiger partial charge in [0.2, 0.25) is 0 Å². The van der Waals surface area contributed by atoms with Gasteiger partial charge in [-0.15, -0.1) is 0 Å². The number of hydrogen-bond acceptors (Lipinski definition) is 3. The molecule has 0 fully saturated rings. The quantitative estimate of drug-likeness (QED) is 0.769. The summed E-state index contributed by atoms with van der Waals surface area (Å²) in [6, 6.07) is 9.95. The Hall–Kier alpha value is -2.40. The minimum Gasteiger partial charge on any atom is -0.395 e. The molecule has 0 saturated carbocycles. The van der Waals surface area contributed by atoms with Crippen LogP contribution in [0.1, 0.15) is 17.4 Å². The molecule has 2 N–H and O–H groups in total. The van der Waals surface area contributed by atoms with Crippen molar-refractivity contribution in [1.82, 2.24) is 14.9 Å². The second kappa shape index (κ2) is 5.54. The van der Waals surface area contributed by atoms with Crippen LogP contribution in [0.2, 0.25) is 0 Å². The third-order valence-electron chi connectivity index (χ3n) is 3.60. The lowest BCUT2D eigenvalue weighted by Gasteiger charge is -2.04. The van der Waals surface area contributed by atoms with Crippen molar-refractivity contribution in [2.24, 2.45) is 0 Å². The zero-order valence-corrected chi connectivity index (χ0v) is 11.8. The number of carbonyl (C=O) groups is 1. The number of hydrogen-bond donors (Lipinski definition) is 2. The normalized spacial score (nSPS) is 11.1. The number of aryl methyl sites for hydroxylation is 1. The molecule has 2 heterocycles. The van der Waals surface area contributed by atoms with Crippen LogP contribution in [-0.4, -0.2) is 33.7 Å². The van der Waals surface area contributed by atoms with E-state index in [0.717, 1.165) is 28.4 Å². The Morgan fingerprint density at radius 3 is 2.86 bits per heavy atom. The van der Waals surface area contributed by atoms with E-state index in [9.17, 15) is 4.79 Å². The highest BCUT2D eigenvalue weighted by Gasteiger charge is 2.13. The summed E-state index contributed by atoms with van der Waals surface area (Å²) in [6.07, 6.45) is 1.74. The highest BCUT2D eigenvalue weighted by Crippen LogP contribution is 2.28. The molecule has 2 aromatic heterocycles. The molecule has 0 radical (unpaired) electrons. The Morgan fingerprint density at radius 2 is 2.10 bits per heavy atom. The van der Waals surface area contributed by atoms with Crippen LogP contribution in [-0.2, 0) is 6.54 Å². The van der Waals surface area contributed by atoms with E-state index in [4.69, 9.17) is 5.11 Å². The lowest BCUT2D eigenvalue weighted by atomic mass is 10.1. The molecule has 3 rings (SSSR count). The van der Waals surface area contributed by atoms with Crippen molar-refractivity contribution in [1.29, 1.82) is 0 Å². The maximum atomic E-state index is 12.0. The Labute approximate surface area is 122 Å². The number of fused-ring (bicyclic) bond motifs is 3. The van der Waals surface area contributed by atoms with Crippen molar-refractivity contribution < 1.29 is 9.90 Å². The molecular formula is C16H17N3O2. The van der Waals surface area contributed by atoms with Crippen LogP contribution < -0.4 is 5.32 Å². The summed E-state index contributed by atoms with van der Waals surface area (Å²) in [5, 5.41) is 13.5. The van der Waals surface area contributed by atoms with Gasteiger partial charge in [-0.25, -0.2) is 4.98 Å². The second-order valence-electron chi connectivity index (χ2n) is 4.83. The topological polar surface area (TPSA) is 67.2 Å². The zero-order chi connectivity index (χ0) is 14.8. The average Bonchev–Trinajstić information content (AvgIpc) is 2.85. The standard InChI is InChI=1S/C16H17N3O2/c1-2-19-14-6-4-3-5-11(14)12-9-13(18-10-15(12)19)16(21)17-7-8-20/h3-6,9-10,20H,2,7-8H2,1H3,(H,17,21). The molecular weight excluding hydrogens is 266 g/mol. The van der Waals surface area contributed by atoms with E-state index in [0.29, 0.717) is 5.69 Å². The van der Waals surface area contributed by atoms with Gasteiger partial charge in [0, 0.05) is 29.4 Å². The number of aliphatic hydroxyl groups is 1. The summed E-state index contributed by atoms with van der Waals surface area (Å²) in [5.41, 5.74) is 2.54. The van der Waals surface area contributed by atoms with Crippen LogP contribution >= 0.6 is 0 Å². The van der Waals surface area contributed by atoms with Gasteiger partial charge < -0.3 is 15.0 Å². The molecule has 5 nitrogen and oxygen atoms in total. The van der Waals surface area contributed by atoms with Gasteiger partial charge >= 0.3 is 0 Å². The number of carbonyl (C=O) groups excluding carboxylic acids is 1. The number of nitrogens with one attached hydrogen (secondary N) is 1. The van der Waals surface area contributed by atoms with E-state index < -0.39 is 0 Å². The lowest BCUT2D eigenvalue weighted by Crippen LogP contribution is -2.27. The number of nitrogens with zero attached hydrogens (tertiary/aromatic N) is 2. The molecule has 0 aliphatic carbocycles. The first kappa shape index (κ1) is 13.6. The minimum atomic E-state index is -0.265. The summed E-state index contributed by atoms with van der Waals surface area (Å²) in [6.45, 7) is 3.09. The Bertz CT molecular complexity index is 808. The number of benzene rings is 1. The molecule has 1 aromatic carbocycles. The molecule has 21 heavy (non-hydrogen) atoms. The predicted octanol–water partition coefficient (Wildman–Crippen LogP) is 1.93. The summed E-state index contributed by atoms with van der Waals surface area (Å²) in [7, 11) is 0. The van der Waals surface area contributed by atoms with Crippen molar-refractivity contribution in [2.75, 3.05) is 13.2 Å². The summed E-state index contributed by atoms with van der Waals surface area (Å²) >= 11 is 0. The molecule has 108 valence electrons. The van der Waals surface area contributed by atoms with Crippen LogP contribution in [0.4, 0.5) is 0 Å². The van der Waals surface area contributed by atoms with E-state index in [1.54, 1.807) is 6.20 Å². The first-order valence-electron chi connectivity index (χ1n) is 7.02. The van der Waals surface area contributed by atoms with Gasteiger partial charge in [-0.1, -0.05) is 18.2 Å². The number of para-hydroxylation sites is 1. The van der Waals surface area contributed by atoms with Gasteiger partial charge in [0.15, 0.2) is 0 Å². The van der Waals surface area contributed by atoms with Gasteiger partial charge in [0.25, 0.3) is 5.91 Å². The van der Waals surface area contributed by atoms with Crippen LogP contribution in [0.3, 0.4) is 0 Å². The molecule has 0 atom stereocenters. The molecule has 0 bridgehead atoms. The number of rotatable bonds is 4. The highest BCUT2D eigenvalue weighted by atomic mass is 16.3. The summed E-state index contributed by atoms with van der Waals surface area (Å²) in [4.78, 5) is 16.2. The van der Waals surface area contributed by atoms with Crippen LogP contribution in [0.25, 0.3) is 21.8 Å². The van der Waals surface area contributed by atoms with Crippen molar-refractivity contribution in [2.45, 2.75) is 13.5 Å². The van der Waals surface area contributed by atoms with E-state index >= 15 is 0 Å². The fourth-order valence-electron chi connectivity index (χ4n) is 2.67. The average molecular weight is 283 g/mol. The minimum absolute atomic E-state index is 0.0802. The molecule has 3 aromatic rings. The number of aliphatic hydroxyl groups excluding tert-OH is 1. The van der Waals surface area contributed by atoms with E-state index in [1.807, 2.05) is 18.2 Å². The number of amides is 1. The SMILES string of the molecule is CCn1c2ccccc2c2cc(C(=O)NCCO)ncc21. The molecule has 0 aliphatic rings. The Kier molecular flexibility index (Phi) is 3.58. The Balaban J connectivity index is 2.17. The number of pyridine rings is 1. The maximum Gasteiger partial charge on any atom is 0.269 e. The summed E-state index contributed by atoms with van der Waals surface area (Å²) < 4.78 is 2.19. The predicted molar refractivity (Wildman–Crippen MR) is 82.3 cm³/mol. The van der Waals surface area contributed by atoms with Crippen molar-refractivity contribution in [3.63, 3.8) is 0 Å². The zero-order valence-electron chi connectivity index (χ0n) is 11.8. The molecule has 5 heteroatoms.